The highest BCUT2D eigenvalue weighted by Crippen LogP contribution is 2.35. The van der Waals surface area contributed by atoms with Gasteiger partial charge in [0.25, 0.3) is 5.91 Å². The normalized spacial score (nSPS) is 16.1. The van der Waals surface area contributed by atoms with Crippen molar-refractivity contribution in [3.8, 4) is 0 Å². The third-order valence-corrected chi connectivity index (χ3v) is 6.44. The molecule has 1 aliphatic rings. The van der Waals surface area contributed by atoms with Crippen molar-refractivity contribution in [1.29, 1.82) is 0 Å². The van der Waals surface area contributed by atoms with E-state index in [1.165, 1.54) is 11.2 Å². The number of hydrogen-bond donors (Lipinski definition) is 0. The Hall–Kier alpha value is -2.36. The summed E-state index contributed by atoms with van der Waals surface area (Å²) in [6.07, 6.45) is 3.60. The van der Waals surface area contributed by atoms with Crippen molar-refractivity contribution in [3.05, 3.63) is 73.3 Å². The van der Waals surface area contributed by atoms with Gasteiger partial charge in [0.15, 0.2) is 6.61 Å². The monoisotopic (exact) mass is 475 g/mol. The predicted molar refractivity (Wildman–Crippen MR) is 112 cm³/mol. The number of hydrazone groups is 1. The molecule has 0 bridgehead atoms. The molecule has 1 amide bonds. The number of rotatable bonds is 5. The average Bonchev–Trinajstić information content (AvgIpc) is 3.46. The van der Waals surface area contributed by atoms with Crippen LogP contribution in [0.15, 0.2) is 63.1 Å². The molecule has 0 fully saturated rings. The molecule has 1 atom stereocenters. The summed E-state index contributed by atoms with van der Waals surface area (Å²) in [5, 5.41) is 9.93. The van der Waals surface area contributed by atoms with Crippen LogP contribution in [0, 0.1) is 0 Å². The Bertz CT molecular complexity index is 1020. The maximum atomic E-state index is 12.8. The highest BCUT2D eigenvalue weighted by molar-refractivity contribution is 9.10. The Morgan fingerprint density at radius 3 is 2.75 bits per heavy atom. The fourth-order valence-corrected chi connectivity index (χ4v) is 4.73. The molecule has 0 saturated heterocycles. The highest BCUT2D eigenvalue weighted by atomic mass is 79.9. The standard InChI is InChI=1S/C19H14BrN3O3S2/c20-13-7-12(9-21-10-13)19(25)26-11-18(24)23-15(17-4-2-6-28-17)8-14(22-23)16-3-1-5-27-16/h1-7,9-10,15H,8,11H2. The quantitative estimate of drug-likeness (QED) is 0.509. The number of carbonyl (C=O) groups is 2. The van der Waals surface area contributed by atoms with E-state index in [2.05, 4.69) is 26.0 Å². The number of aromatic nitrogens is 1. The summed E-state index contributed by atoms with van der Waals surface area (Å²) >= 11 is 6.43. The SMILES string of the molecule is O=C(OCC(=O)N1N=C(c2cccs2)CC1c1cccs1)c1cncc(Br)c1. The third-order valence-electron chi connectivity index (χ3n) is 4.11. The molecule has 9 heteroatoms. The van der Waals surface area contributed by atoms with E-state index in [0.29, 0.717) is 10.9 Å². The van der Waals surface area contributed by atoms with E-state index in [1.807, 2.05) is 35.0 Å². The summed E-state index contributed by atoms with van der Waals surface area (Å²) in [5.74, 6) is -0.960. The number of nitrogens with zero attached hydrogens (tertiary/aromatic N) is 3. The lowest BCUT2D eigenvalue weighted by Gasteiger charge is -2.20. The van der Waals surface area contributed by atoms with Gasteiger partial charge in [0.2, 0.25) is 0 Å². The van der Waals surface area contributed by atoms with Gasteiger partial charge in [0.05, 0.1) is 22.2 Å². The molecular formula is C19H14BrN3O3S2. The Morgan fingerprint density at radius 2 is 2.04 bits per heavy atom. The van der Waals surface area contributed by atoms with Crippen LogP contribution in [0.4, 0.5) is 0 Å². The minimum absolute atomic E-state index is 0.184. The van der Waals surface area contributed by atoms with Crippen LogP contribution >= 0.6 is 38.6 Å². The lowest BCUT2D eigenvalue weighted by molar-refractivity contribution is -0.136. The van der Waals surface area contributed by atoms with Crippen molar-refractivity contribution >= 4 is 56.2 Å². The lowest BCUT2D eigenvalue weighted by atomic mass is 10.1. The molecule has 0 spiro atoms. The maximum Gasteiger partial charge on any atom is 0.340 e. The van der Waals surface area contributed by atoms with Gasteiger partial charge in [-0.15, -0.1) is 22.7 Å². The topological polar surface area (TPSA) is 71.9 Å². The zero-order valence-electron chi connectivity index (χ0n) is 14.4. The zero-order valence-corrected chi connectivity index (χ0v) is 17.7. The molecular weight excluding hydrogens is 462 g/mol. The Kier molecular flexibility index (Phi) is 5.65. The molecule has 6 nitrogen and oxygen atoms in total. The Labute approximate surface area is 177 Å². The summed E-state index contributed by atoms with van der Waals surface area (Å²) in [4.78, 5) is 31.0. The van der Waals surface area contributed by atoms with Crippen LogP contribution in [0.25, 0.3) is 0 Å². The smallest absolute Gasteiger partial charge is 0.340 e. The van der Waals surface area contributed by atoms with E-state index >= 15 is 0 Å². The van der Waals surface area contributed by atoms with Crippen LogP contribution in [-0.4, -0.2) is 34.2 Å². The van der Waals surface area contributed by atoms with E-state index < -0.39 is 5.97 Å². The molecule has 3 aromatic heterocycles. The van der Waals surface area contributed by atoms with E-state index in [1.54, 1.807) is 34.9 Å². The molecule has 0 aromatic carbocycles. The molecule has 0 aliphatic carbocycles. The van der Waals surface area contributed by atoms with Gasteiger partial charge in [-0.25, -0.2) is 9.80 Å². The number of thiophene rings is 2. The number of esters is 1. The van der Waals surface area contributed by atoms with Gasteiger partial charge in [-0.05, 0) is 44.9 Å². The van der Waals surface area contributed by atoms with Gasteiger partial charge in [0, 0.05) is 28.2 Å². The van der Waals surface area contributed by atoms with Crippen LogP contribution in [0.3, 0.4) is 0 Å². The minimum atomic E-state index is -0.600. The summed E-state index contributed by atoms with van der Waals surface area (Å²) in [5.41, 5.74) is 1.14. The second-order valence-corrected chi connectivity index (χ2v) is 8.81. The van der Waals surface area contributed by atoms with Crippen molar-refractivity contribution in [2.24, 2.45) is 5.10 Å². The largest absolute Gasteiger partial charge is 0.452 e. The molecule has 4 rings (SSSR count). The first kappa shape index (κ1) is 19.0. The van der Waals surface area contributed by atoms with Crippen molar-refractivity contribution in [1.82, 2.24) is 9.99 Å². The molecule has 1 aliphatic heterocycles. The van der Waals surface area contributed by atoms with Gasteiger partial charge in [-0.3, -0.25) is 9.78 Å². The third kappa shape index (κ3) is 4.06. The van der Waals surface area contributed by atoms with Crippen LogP contribution < -0.4 is 0 Å². The van der Waals surface area contributed by atoms with E-state index in [0.717, 1.165) is 15.5 Å². The number of hydrogen-bond acceptors (Lipinski definition) is 7. The molecule has 1 unspecified atom stereocenters. The second-order valence-electron chi connectivity index (χ2n) is 5.97. The molecule has 0 saturated carbocycles. The van der Waals surface area contributed by atoms with Crippen molar-refractivity contribution in [2.75, 3.05) is 6.61 Å². The first-order chi connectivity index (χ1) is 13.6. The van der Waals surface area contributed by atoms with Crippen molar-refractivity contribution in [2.45, 2.75) is 12.5 Å². The summed E-state index contributed by atoms with van der Waals surface area (Å²) in [6, 6.07) is 9.30. The Morgan fingerprint density at radius 1 is 1.21 bits per heavy atom. The molecule has 142 valence electrons. The Balaban J connectivity index is 1.49. The van der Waals surface area contributed by atoms with Crippen molar-refractivity contribution < 1.29 is 14.3 Å². The molecule has 0 radical (unpaired) electrons. The van der Waals surface area contributed by atoms with E-state index in [-0.39, 0.29) is 24.1 Å². The van der Waals surface area contributed by atoms with Crippen molar-refractivity contribution in [3.63, 3.8) is 0 Å². The molecule has 0 N–H and O–H groups in total. The van der Waals surface area contributed by atoms with Crippen LogP contribution in [0.5, 0.6) is 0 Å². The minimum Gasteiger partial charge on any atom is -0.452 e. The van der Waals surface area contributed by atoms with Gasteiger partial charge >= 0.3 is 5.97 Å². The van der Waals surface area contributed by atoms with Gasteiger partial charge < -0.3 is 4.74 Å². The predicted octanol–water partition coefficient (Wildman–Crippen LogP) is 4.50. The summed E-state index contributed by atoms with van der Waals surface area (Å²) < 4.78 is 5.86. The summed E-state index contributed by atoms with van der Waals surface area (Å²) in [7, 11) is 0. The van der Waals surface area contributed by atoms with Gasteiger partial charge in [-0.1, -0.05) is 12.1 Å². The molecule has 4 heterocycles. The van der Waals surface area contributed by atoms with Gasteiger partial charge in [0.1, 0.15) is 0 Å². The van der Waals surface area contributed by atoms with Crippen LogP contribution in [0.1, 0.15) is 32.6 Å². The van der Waals surface area contributed by atoms with Crippen LogP contribution in [0.2, 0.25) is 0 Å². The number of carbonyl (C=O) groups excluding carboxylic acids is 2. The van der Waals surface area contributed by atoms with E-state index in [9.17, 15) is 9.59 Å². The molecule has 3 aromatic rings. The first-order valence-electron chi connectivity index (χ1n) is 8.36. The maximum absolute atomic E-state index is 12.8. The zero-order chi connectivity index (χ0) is 19.5. The number of amides is 1. The van der Waals surface area contributed by atoms with Crippen LogP contribution in [-0.2, 0) is 9.53 Å². The fourth-order valence-electron chi connectivity index (χ4n) is 2.83. The first-order valence-corrected chi connectivity index (χ1v) is 10.9. The molecule has 28 heavy (non-hydrogen) atoms. The second kappa shape index (κ2) is 8.34. The average molecular weight is 476 g/mol. The number of halogens is 1. The number of pyridine rings is 1. The fraction of sp³-hybridized carbons (Fsp3) is 0.158. The highest BCUT2D eigenvalue weighted by Gasteiger charge is 2.34. The number of ether oxygens (including phenoxy) is 1. The lowest BCUT2D eigenvalue weighted by Crippen LogP contribution is -2.31. The van der Waals surface area contributed by atoms with E-state index in [4.69, 9.17) is 4.74 Å². The summed E-state index contributed by atoms with van der Waals surface area (Å²) in [6.45, 7) is -0.381. The van der Waals surface area contributed by atoms with Gasteiger partial charge in [-0.2, -0.15) is 5.10 Å².